The molecule has 1 aromatic carbocycles. The van der Waals surface area contributed by atoms with Crippen molar-refractivity contribution >= 4 is 19.2 Å². The van der Waals surface area contributed by atoms with Gasteiger partial charge in [-0.2, -0.15) is 0 Å². The molecule has 4 rings (SSSR count). The third-order valence-corrected chi connectivity index (χ3v) is 8.35. The van der Waals surface area contributed by atoms with Crippen LogP contribution in [-0.4, -0.2) is 24.9 Å². The molecule has 0 bridgehead atoms. The second-order valence-electron chi connectivity index (χ2n) is 8.81. The van der Waals surface area contributed by atoms with Crippen LogP contribution in [0.1, 0.15) is 44.1 Å². The first-order valence-corrected chi connectivity index (χ1v) is 13.1. The van der Waals surface area contributed by atoms with Crippen LogP contribution < -0.4 is 0 Å². The Hall–Kier alpha value is -1.35. The van der Waals surface area contributed by atoms with E-state index in [0.29, 0.717) is 23.8 Å². The maximum atomic E-state index is 13.2. The van der Waals surface area contributed by atoms with Gasteiger partial charge in [-0.15, -0.1) is 0 Å². The van der Waals surface area contributed by atoms with Gasteiger partial charge in [0.05, 0.1) is 8.07 Å². The molecule has 2 aliphatic heterocycles. The zero-order valence-electron chi connectivity index (χ0n) is 15.2. The minimum absolute atomic E-state index is 0.317. The number of carbonyl (C=O) groups is 1. The molecule has 0 N–H and O–H groups in total. The molecule has 1 aromatic rings. The number of hydrogen-bond acceptors (Lipinski definition) is 1. The van der Waals surface area contributed by atoms with Gasteiger partial charge >= 0.3 is 0 Å². The summed E-state index contributed by atoms with van der Waals surface area (Å²) in [6.07, 6.45) is 7.22. The van der Waals surface area contributed by atoms with E-state index in [1.165, 1.54) is 42.1 Å². The minimum atomic E-state index is -1.55. The molecule has 0 aromatic heterocycles. The van der Waals surface area contributed by atoms with E-state index in [4.69, 9.17) is 0 Å². The number of amides is 1. The van der Waals surface area contributed by atoms with Crippen LogP contribution in [0.15, 0.2) is 36.0 Å². The van der Waals surface area contributed by atoms with Crippen LogP contribution in [0.3, 0.4) is 0 Å². The molecule has 1 aliphatic carbocycles. The quantitative estimate of drug-likeness (QED) is 0.688. The maximum absolute atomic E-state index is 13.2. The lowest BCUT2D eigenvalue weighted by Crippen LogP contribution is -2.33. The summed E-state index contributed by atoms with van der Waals surface area (Å²) in [7, 11) is -1.55. The minimum Gasteiger partial charge on any atom is -0.313 e. The van der Waals surface area contributed by atoms with E-state index in [2.05, 4.69) is 54.9 Å². The summed E-state index contributed by atoms with van der Waals surface area (Å²) in [5.41, 5.74) is 2.72. The lowest BCUT2D eigenvalue weighted by Gasteiger charge is -2.29. The van der Waals surface area contributed by atoms with Crippen molar-refractivity contribution in [3.05, 3.63) is 41.6 Å². The van der Waals surface area contributed by atoms with Crippen molar-refractivity contribution in [3.63, 3.8) is 0 Å². The van der Waals surface area contributed by atoms with Crippen molar-refractivity contribution in [1.29, 1.82) is 0 Å². The zero-order valence-corrected chi connectivity index (χ0v) is 16.2. The van der Waals surface area contributed by atoms with Gasteiger partial charge in [-0.25, -0.2) is 0 Å². The Bertz CT molecular complexity index is 673. The highest BCUT2D eigenvalue weighted by Crippen LogP contribution is 2.50. The summed E-state index contributed by atoms with van der Waals surface area (Å²) >= 11 is 0. The first-order chi connectivity index (χ1) is 11.5. The Morgan fingerprint density at radius 2 is 1.75 bits per heavy atom. The Balaban J connectivity index is 1.82. The lowest BCUT2D eigenvalue weighted by molar-refractivity contribution is -0.130. The molecule has 2 saturated heterocycles. The summed E-state index contributed by atoms with van der Waals surface area (Å²) in [4.78, 5) is 15.5. The highest BCUT2D eigenvalue weighted by Gasteiger charge is 2.52. The average Bonchev–Trinajstić information content (AvgIpc) is 3.09. The summed E-state index contributed by atoms with van der Waals surface area (Å²) in [6.45, 7) is 7.26. The third-order valence-electron chi connectivity index (χ3n) is 6.27. The fourth-order valence-electron chi connectivity index (χ4n) is 5.42. The van der Waals surface area contributed by atoms with Crippen molar-refractivity contribution in [3.8, 4) is 0 Å². The van der Waals surface area contributed by atoms with Crippen molar-refractivity contribution in [2.75, 3.05) is 0 Å². The van der Waals surface area contributed by atoms with Crippen LogP contribution >= 0.6 is 0 Å². The monoisotopic (exact) mass is 339 g/mol. The first-order valence-electron chi connectivity index (χ1n) is 9.60. The summed E-state index contributed by atoms with van der Waals surface area (Å²) in [6, 6.07) is 11.3. The van der Waals surface area contributed by atoms with Gasteiger partial charge in [0.1, 0.15) is 0 Å². The number of hydrogen-bond donors (Lipinski definition) is 0. The SMILES string of the molecule is C[Si](C)(C)/C(=C1/CC[C@H]2[C@H]3CCCC[C@H]3C(=O)N12)c1ccccc1. The molecule has 1 saturated carbocycles. The number of carbonyl (C=O) groups excluding carboxylic acids is 1. The Morgan fingerprint density at radius 1 is 1.04 bits per heavy atom. The van der Waals surface area contributed by atoms with E-state index >= 15 is 0 Å². The van der Waals surface area contributed by atoms with Crippen LogP contribution in [0, 0.1) is 11.8 Å². The van der Waals surface area contributed by atoms with Crippen molar-refractivity contribution in [2.45, 2.75) is 64.2 Å². The lowest BCUT2D eigenvalue weighted by atomic mass is 9.77. The Labute approximate surface area is 147 Å². The second-order valence-corrected chi connectivity index (χ2v) is 13.8. The predicted octanol–water partition coefficient (Wildman–Crippen LogP) is 5.09. The molecular weight excluding hydrogens is 310 g/mol. The molecule has 1 amide bonds. The summed E-state index contributed by atoms with van der Waals surface area (Å²) in [5, 5.41) is 1.51. The van der Waals surface area contributed by atoms with E-state index in [-0.39, 0.29) is 0 Å². The van der Waals surface area contributed by atoms with Crippen molar-refractivity contribution in [2.24, 2.45) is 11.8 Å². The van der Waals surface area contributed by atoms with Gasteiger partial charge in [0.15, 0.2) is 0 Å². The molecule has 2 heterocycles. The zero-order chi connectivity index (χ0) is 16.9. The standard InChI is InChI=1S/C21H29NOSi/c1-24(2,3)20(15-9-5-4-6-10-15)19-14-13-18-16-11-7-8-12-17(16)21(23)22(18)19/h4-6,9-10,16-18H,7-8,11-14H2,1-3H3/b20-19-/t16-,17+,18-/m0/s1. The summed E-state index contributed by atoms with van der Waals surface area (Å²) < 4.78 is 0. The van der Waals surface area contributed by atoms with Gasteiger partial charge in [0, 0.05) is 17.7 Å². The first kappa shape index (κ1) is 16.1. The largest absolute Gasteiger partial charge is 0.313 e. The average molecular weight is 340 g/mol. The van der Waals surface area contributed by atoms with E-state index in [1.54, 1.807) is 0 Å². The number of allylic oxidation sites excluding steroid dienone is 1. The number of nitrogens with zero attached hydrogens (tertiary/aromatic N) is 1. The molecule has 3 atom stereocenters. The molecule has 24 heavy (non-hydrogen) atoms. The van der Waals surface area contributed by atoms with Gasteiger partial charge in [0.25, 0.3) is 0 Å². The fourth-order valence-corrected chi connectivity index (χ4v) is 7.57. The molecule has 3 aliphatic rings. The van der Waals surface area contributed by atoms with E-state index in [9.17, 15) is 4.79 Å². The second kappa shape index (κ2) is 5.87. The predicted molar refractivity (Wildman–Crippen MR) is 102 cm³/mol. The topological polar surface area (TPSA) is 20.3 Å². The van der Waals surface area contributed by atoms with E-state index in [0.717, 1.165) is 12.8 Å². The van der Waals surface area contributed by atoms with Gasteiger partial charge in [-0.3, -0.25) is 4.79 Å². The van der Waals surface area contributed by atoms with Crippen LogP contribution in [0.25, 0.3) is 5.20 Å². The Kier molecular flexibility index (Phi) is 3.95. The van der Waals surface area contributed by atoms with Gasteiger partial charge in [0.2, 0.25) is 5.91 Å². The van der Waals surface area contributed by atoms with Crippen molar-refractivity contribution in [1.82, 2.24) is 4.90 Å². The molecule has 3 heteroatoms. The van der Waals surface area contributed by atoms with Crippen LogP contribution in [-0.2, 0) is 4.79 Å². The normalized spacial score (nSPS) is 31.9. The number of fused-ring (bicyclic) bond motifs is 3. The highest BCUT2D eigenvalue weighted by atomic mass is 28.3. The van der Waals surface area contributed by atoms with Crippen LogP contribution in [0.2, 0.25) is 19.6 Å². The Morgan fingerprint density at radius 3 is 2.46 bits per heavy atom. The number of rotatable bonds is 2. The maximum Gasteiger partial charge on any atom is 0.230 e. The molecule has 0 spiro atoms. The van der Waals surface area contributed by atoms with Crippen LogP contribution in [0.5, 0.6) is 0 Å². The highest BCUT2D eigenvalue weighted by molar-refractivity contribution is 6.93. The molecule has 2 nitrogen and oxygen atoms in total. The van der Waals surface area contributed by atoms with Crippen LogP contribution in [0.4, 0.5) is 0 Å². The smallest absolute Gasteiger partial charge is 0.230 e. The van der Waals surface area contributed by atoms with Crippen molar-refractivity contribution < 1.29 is 4.79 Å². The molecule has 0 unspecified atom stereocenters. The molecular formula is C21H29NOSi. The molecule has 0 radical (unpaired) electrons. The molecule has 128 valence electrons. The molecule has 3 fully saturated rings. The third kappa shape index (κ3) is 2.48. The van der Waals surface area contributed by atoms with E-state index < -0.39 is 8.07 Å². The number of benzene rings is 1. The fraction of sp³-hybridized carbons (Fsp3) is 0.571. The van der Waals surface area contributed by atoms with Gasteiger partial charge in [-0.05, 0) is 42.4 Å². The summed E-state index contributed by atoms with van der Waals surface area (Å²) in [5.74, 6) is 1.39. The van der Waals surface area contributed by atoms with Gasteiger partial charge in [-0.1, -0.05) is 62.8 Å². The van der Waals surface area contributed by atoms with E-state index in [1.807, 2.05) is 0 Å². The van der Waals surface area contributed by atoms with Gasteiger partial charge < -0.3 is 4.90 Å².